The van der Waals surface area contributed by atoms with Gasteiger partial charge < -0.3 is 9.53 Å². The van der Waals surface area contributed by atoms with E-state index in [1.165, 1.54) is 6.92 Å². The van der Waals surface area contributed by atoms with Crippen molar-refractivity contribution < 1.29 is 57.5 Å². The first-order valence-electron chi connectivity index (χ1n) is 13.7. The van der Waals surface area contributed by atoms with E-state index in [4.69, 9.17) is 0 Å². The zero-order valence-electron chi connectivity index (χ0n) is 23.6. The third-order valence-electron chi connectivity index (χ3n) is 8.24. The Morgan fingerprint density at radius 1 is 0.822 bits per heavy atom. The zero-order valence-corrected chi connectivity index (χ0v) is 24.4. The Balaban J connectivity index is 1.83. The van der Waals surface area contributed by atoms with Gasteiger partial charge >= 0.3 is 12.4 Å². The molecule has 0 aliphatic heterocycles. The Hall–Kier alpha value is -3.39. The summed E-state index contributed by atoms with van der Waals surface area (Å²) in [6.45, 7) is -0.369. The molecule has 1 aliphatic carbocycles. The lowest BCUT2D eigenvalue weighted by atomic mass is 9.76. The number of carbonyl (C=O) groups is 1. The molecule has 3 aromatic carbocycles. The van der Waals surface area contributed by atoms with Gasteiger partial charge in [-0.15, -0.1) is 0 Å². The van der Waals surface area contributed by atoms with Crippen molar-refractivity contribution in [2.24, 2.45) is 5.92 Å². The highest BCUT2D eigenvalue weighted by Crippen LogP contribution is 2.55. The lowest BCUT2D eigenvalue weighted by molar-refractivity contribution is -0.392. The molecule has 0 radical (unpaired) electrons. The second-order valence-corrected chi connectivity index (χ2v) is 13.3. The van der Waals surface area contributed by atoms with Crippen molar-refractivity contribution in [3.05, 3.63) is 101 Å². The second kappa shape index (κ2) is 12.4. The SMILES string of the molecule is CC(=O)CC1CCC(c2ccc(C(OCc3c(F)cccc3F)(C(F)(F)F)C(F)(F)F)cc2)(S(=O)(=O)c2ccc(F)cc2)CC1. The summed E-state index contributed by atoms with van der Waals surface area (Å²) in [5, 5.41) is 0. The first-order chi connectivity index (χ1) is 20.9. The molecule has 0 bridgehead atoms. The standard InChI is InChI=1S/C31H27F9O4S/c1-19(41)17-20-13-15-28(16-14-20,45(42,43)24-11-9-23(32)10-12-24)21-5-7-22(8-6-21)29(30(35,36)37,31(38,39)40)44-18-25-26(33)3-2-4-27(25)34/h2-12,20H,13-18H2,1H3. The Kier molecular flexibility index (Phi) is 9.52. The molecule has 0 saturated heterocycles. The lowest BCUT2D eigenvalue weighted by Gasteiger charge is -2.41. The lowest BCUT2D eigenvalue weighted by Crippen LogP contribution is -2.56. The zero-order chi connectivity index (χ0) is 33.4. The molecule has 1 fully saturated rings. The third-order valence-corrected chi connectivity index (χ3v) is 10.8. The van der Waals surface area contributed by atoms with Crippen LogP contribution in [0.2, 0.25) is 0 Å². The second-order valence-electron chi connectivity index (χ2n) is 11.0. The van der Waals surface area contributed by atoms with Crippen LogP contribution in [0.5, 0.6) is 0 Å². The summed E-state index contributed by atoms with van der Waals surface area (Å²) in [4.78, 5) is 11.4. The molecule has 0 N–H and O–H groups in total. The maximum absolute atomic E-state index is 14.4. The van der Waals surface area contributed by atoms with E-state index >= 15 is 0 Å². The fourth-order valence-corrected chi connectivity index (χ4v) is 8.07. The van der Waals surface area contributed by atoms with Gasteiger partial charge in [0.05, 0.1) is 11.5 Å². The minimum absolute atomic E-state index is 0.128. The van der Waals surface area contributed by atoms with Crippen LogP contribution in [0.25, 0.3) is 0 Å². The van der Waals surface area contributed by atoms with Crippen LogP contribution in [0.4, 0.5) is 39.5 Å². The Labute approximate surface area is 253 Å². The topological polar surface area (TPSA) is 60.4 Å². The summed E-state index contributed by atoms with van der Waals surface area (Å²) >= 11 is 0. The van der Waals surface area contributed by atoms with Gasteiger partial charge in [-0.05, 0) is 80.5 Å². The van der Waals surface area contributed by atoms with Gasteiger partial charge in [0.15, 0.2) is 9.84 Å². The van der Waals surface area contributed by atoms with Crippen LogP contribution < -0.4 is 0 Å². The van der Waals surface area contributed by atoms with Gasteiger partial charge in [0.2, 0.25) is 0 Å². The summed E-state index contributed by atoms with van der Waals surface area (Å²) in [7, 11) is -4.42. The molecule has 244 valence electrons. The molecule has 0 amide bonds. The van der Waals surface area contributed by atoms with Gasteiger partial charge in [0.25, 0.3) is 5.60 Å². The molecule has 3 aromatic rings. The van der Waals surface area contributed by atoms with Crippen molar-refractivity contribution in [3.63, 3.8) is 0 Å². The maximum Gasteiger partial charge on any atom is 0.430 e. The van der Waals surface area contributed by atoms with E-state index in [1.54, 1.807) is 0 Å². The van der Waals surface area contributed by atoms with Gasteiger partial charge in [0.1, 0.15) is 28.0 Å². The Morgan fingerprint density at radius 3 is 1.80 bits per heavy atom. The Morgan fingerprint density at radius 2 is 1.33 bits per heavy atom. The number of hydrogen-bond acceptors (Lipinski definition) is 4. The van der Waals surface area contributed by atoms with Crippen molar-refractivity contribution in [2.75, 3.05) is 0 Å². The third kappa shape index (κ3) is 6.35. The van der Waals surface area contributed by atoms with E-state index in [9.17, 15) is 52.7 Å². The molecule has 45 heavy (non-hydrogen) atoms. The van der Waals surface area contributed by atoms with Gasteiger partial charge in [-0.1, -0.05) is 30.3 Å². The highest BCUT2D eigenvalue weighted by atomic mass is 32.2. The first-order valence-corrected chi connectivity index (χ1v) is 15.1. The minimum atomic E-state index is -6.18. The largest absolute Gasteiger partial charge is 0.430 e. The van der Waals surface area contributed by atoms with Crippen molar-refractivity contribution in [3.8, 4) is 0 Å². The van der Waals surface area contributed by atoms with E-state index in [-0.39, 0.29) is 54.3 Å². The molecule has 14 heteroatoms. The van der Waals surface area contributed by atoms with E-state index in [0.29, 0.717) is 24.3 Å². The van der Waals surface area contributed by atoms with Crippen molar-refractivity contribution in [1.29, 1.82) is 0 Å². The van der Waals surface area contributed by atoms with Crippen molar-refractivity contribution >= 4 is 15.6 Å². The molecule has 0 atom stereocenters. The number of hydrogen-bond donors (Lipinski definition) is 0. The monoisotopic (exact) mass is 666 g/mol. The van der Waals surface area contributed by atoms with Gasteiger partial charge in [-0.3, -0.25) is 0 Å². The van der Waals surface area contributed by atoms with E-state index in [1.807, 2.05) is 0 Å². The predicted octanol–water partition coefficient (Wildman–Crippen LogP) is 8.48. The summed E-state index contributed by atoms with van der Waals surface area (Å²) in [5.41, 5.74) is -7.83. The molecule has 0 aromatic heterocycles. The van der Waals surface area contributed by atoms with Crippen LogP contribution in [0.3, 0.4) is 0 Å². The molecule has 1 aliphatic rings. The van der Waals surface area contributed by atoms with Crippen LogP contribution >= 0.6 is 0 Å². The molecule has 4 rings (SSSR count). The average Bonchev–Trinajstić information content (AvgIpc) is 2.94. The first kappa shape index (κ1) is 34.5. The van der Waals surface area contributed by atoms with Crippen LogP contribution in [0, 0.1) is 23.4 Å². The molecular formula is C31H27F9O4S. The van der Waals surface area contributed by atoms with Crippen LogP contribution in [-0.2, 0) is 36.3 Å². The number of rotatable bonds is 9. The number of sulfone groups is 1. The number of Topliss-reactive ketones (excluding diaryl/α,β-unsaturated/α-hetero) is 1. The molecule has 0 heterocycles. The number of halogens is 9. The van der Waals surface area contributed by atoms with Crippen molar-refractivity contribution in [1.82, 2.24) is 0 Å². The predicted molar refractivity (Wildman–Crippen MR) is 144 cm³/mol. The molecule has 4 nitrogen and oxygen atoms in total. The highest BCUT2D eigenvalue weighted by Gasteiger charge is 2.73. The molecule has 0 unspecified atom stereocenters. The number of carbonyl (C=O) groups excluding carboxylic acids is 1. The summed E-state index contributed by atoms with van der Waals surface area (Å²) < 4.78 is 159. The normalized spacial score (nSPS) is 19.8. The number of alkyl halides is 6. The molecule has 0 spiro atoms. The fourth-order valence-electron chi connectivity index (χ4n) is 5.90. The van der Waals surface area contributed by atoms with Gasteiger partial charge in [-0.25, -0.2) is 21.6 Å². The smallest absolute Gasteiger partial charge is 0.349 e. The summed E-state index contributed by atoms with van der Waals surface area (Å²) in [5.74, 6) is -3.91. The van der Waals surface area contributed by atoms with E-state index in [0.717, 1.165) is 42.5 Å². The maximum atomic E-state index is 14.4. The Bertz CT molecular complexity index is 1590. The fraction of sp³-hybridized carbons (Fsp3) is 0.387. The number of benzene rings is 3. The van der Waals surface area contributed by atoms with Crippen LogP contribution in [0.15, 0.2) is 71.6 Å². The van der Waals surface area contributed by atoms with Crippen molar-refractivity contribution in [2.45, 2.75) is 73.2 Å². The van der Waals surface area contributed by atoms with Gasteiger partial charge in [-0.2, -0.15) is 26.3 Å². The minimum Gasteiger partial charge on any atom is -0.349 e. The van der Waals surface area contributed by atoms with Crippen LogP contribution in [0.1, 0.15) is 55.7 Å². The quantitative estimate of drug-likeness (QED) is 0.170. The summed E-state index contributed by atoms with van der Waals surface area (Å²) in [6.07, 6.45) is -12.1. The number of ketones is 1. The van der Waals surface area contributed by atoms with Gasteiger partial charge in [0, 0.05) is 17.5 Å². The van der Waals surface area contributed by atoms with Crippen LogP contribution in [-0.4, -0.2) is 26.6 Å². The molecular weight excluding hydrogens is 639 g/mol. The molecule has 1 saturated carbocycles. The number of ether oxygens (including phenoxy) is 1. The average molecular weight is 667 g/mol. The van der Waals surface area contributed by atoms with E-state index < -0.39 is 67.7 Å². The highest BCUT2D eigenvalue weighted by molar-refractivity contribution is 7.92. The van der Waals surface area contributed by atoms with E-state index in [2.05, 4.69) is 4.74 Å². The summed E-state index contributed by atoms with van der Waals surface area (Å²) in [6, 6.07) is 8.49.